The van der Waals surface area contributed by atoms with E-state index in [4.69, 9.17) is 0 Å². The van der Waals surface area contributed by atoms with E-state index in [1.165, 1.54) is 0 Å². The number of nitrogens with zero attached hydrogens (tertiary/aromatic N) is 1. The molecule has 0 radical (unpaired) electrons. The average molecular weight is 304 g/mol. The van der Waals surface area contributed by atoms with Crippen LogP contribution in [-0.2, 0) is 4.79 Å². The van der Waals surface area contributed by atoms with E-state index in [9.17, 15) is 9.59 Å². The number of likely N-dealkylation sites (N-methyl/N-ethyl adjacent to an activating group) is 1. The molecular weight excluding hydrogens is 276 g/mol. The lowest BCUT2D eigenvalue weighted by atomic mass is 10.0. The van der Waals surface area contributed by atoms with Gasteiger partial charge < -0.3 is 10.2 Å². The summed E-state index contributed by atoms with van der Waals surface area (Å²) in [5.41, 5.74) is 1.62. The zero-order chi connectivity index (χ0) is 16.7. The van der Waals surface area contributed by atoms with Gasteiger partial charge in [-0.1, -0.05) is 44.9 Å². The maximum Gasteiger partial charge on any atom is 0.251 e. The first-order valence-electron chi connectivity index (χ1n) is 7.99. The Hall–Kier alpha value is -1.84. The van der Waals surface area contributed by atoms with E-state index in [0.29, 0.717) is 5.56 Å². The van der Waals surface area contributed by atoms with E-state index in [2.05, 4.69) is 12.2 Å². The third kappa shape index (κ3) is 5.17. The molecule has 0 saturated carbocycles. The summed E-state index contributed by atoms with van der Waals surface area (Å²) in [4.78, 5) is 26.6. The summed E-state index contributed by atoms with van der Waals surface area (Å²) < 4.78 is 0. The highest BCUT2D eigenvalue weighted by atomic mass is 16.2. The Kier molecular flexibility index (Phi) is 7.09. The molecule has 0 saturated heterocycles. The summed E-state index contributed by atoms with van der Waals surface area (Å²) in [6.45, 7) is 8.66. The van der Waals surface area contributed by atoms with Crippen LogP contribution in [0.5, 0.6) is 0 Å². The van der Waals surface area contributed by atoms with Gasteiger partial charge in [0.1, 0.15) is 6.04 Å². The summed E-state index contributed by atoms with van der Waals surface area (Å²) >= 11 is 0. The lowest BCUT2D eigenvalue weighted by molar-refractivity contribution is -0.133. The van der Waals surface area contributed by atoms with Crippen LogP contribution in [0.25, 0.3) is 0 Å². The largest absolute Gasteiger partial charge is 0.344 e. The van der Waals surface area contributed by atoms with E-state index in [1.807, 2.05) is 39.0 Å². The van der Waals surface area contributed by atoms with Crippen molar-refractivity contribution >= 4 is 11.8 Å². The second-order valence-corrected chi connectivity index (χ2v) is 6.18. The van der Waals surface area contributed by atoms with Crippen molar-refractivity contribution in [2.24, 2.45) is 5.92 Å². The SMILES string of the molecule is CCCCN(C)C(=O)C(NC(=O)c1cccc(C)c1)C(C)C. The number of carbonyl (C=O) groups excluding carboxylic acids is 2. The van der Waals surface area contributed by atoms with Gasteiger partial charge in [0, 0.05) is 19.2 Å². The standard InChI is InChI=1S/C18H28N2O2/c1-6-7-11-20(5)18(22)16(13(2)3)19-17(21)15-10-8-9-14(4)12-15/h8-10,12-13,16H,6-7,11H2,1-5H3,(H,19,21). The molecule has 0 aliphatic rings. The Morgan fingerprint density at radius 3 is 2.50 bits per heavy atom. The number of rotatable bonds is 7. The maximum atomic E-state index is 12.5. The van der Waals surface area contributed by atoms with Crippen LogP contribution in [0.2, 0.25) is 0 Å². The Labute approximate surface area is 133 Å². The highest BCUT2D eigenvalue weighted by Crippen LogP contribution is 2.09. The second kappa shape index (κ2) is 8.57. The lowest BCUT2D eigenvalue weighted by Crippen LogP contribution is -2.50. The number of nitrogens with one attached hydrogen (secondary N) is 1. The fourth-order valence-corrected chi connectivity index (χ4v) is 2.27. The Morgan fingerprint density at radius 2 is 1.95 bits per heavy atom. The van der Waals surface area contributed by atoms with Crippen LogP contribution in [0, 0.1) is 12.8 Å². The molecule has 0 aliphatic heterocycles. The number of hydrogen-bond acceptors (Lipinski definition) is 2. The fraction of sp³-hybridized carbons (Fsp3) is 0.556. The van der Waals surface area contributed by atoms with E-state index in [1.54, 1.807) is 18.0 Å². The Balaban J connectivity index is 2.79. The van der Waals surface area contributed by atoms with Crippen molar-refractivity contribution < 1.29 is 9.59 Å². The zero-order valence-corrected chi connectivity index (χ0v) is 14.3. The second-order valence-electron chi connectivity index (χ2n) is 6.18. The molecule has 122 valence electrons. The number of amides is 2. The van der Waals surface area contributed by atoms with Crippen LogP contribution in [0.1, 0.15) is 49.5 Å². The summed E-state index contributed by atoms with van der Waals surface area (Å²) in [7, 11) is 1.80. The molecular formula is C18H28N2O2. The molecule has 4 heteroatoms. The van der Waals surface area contributed by atoms with Crippen LogP contribution >= 0.6 is 0 Å². The van der Waals surface area contributed by atoms with Crippen LogP contribution in [-0.4, -0.2) is 36.3 Å². The normalized spacial score (nSPS) is 12.1. The topological polar surface area (TPSA) is 49.4 Å². The van der Waals surface area contributed by atoms with Gasteiger partial charge >= 0.3 is 0 Å². The van der Waals surface area contributed by atoms with Gasteiger partial charge in [0.25, 0.3) is 5.91 Å². The smallest absolute Gasteiger partial charge is 0.251 e. The number of unbranched alkanes of at least 4 members (excludes halogenated alkanes) is 1. The van der Waals surface area contributed by atoms with E-state index < -0.39 is 6.04 Å². The van der Waals surface area contributed by atoms with E-state index in [-0.39, 0.29) is 17.7 Å². The van der Waals surface area contributed by atoms with Crippen LogP contribution < -0.4 is 5.32 Å². The van der Waals surface area contributed by atoms with E-state index in [0.717, 1.165) is 24.9 Å². The van der Waals surface area contributed by atoms with Gasteiger partial charge in [-0.2, -0.15) is 0 Å². The van der Waals surface area contributed by atoms with Crippen molar-refractivity contribution in [3.63, 3.8) is 0 Å². The van der Waals surface area contributed by atoms with Crippen molar-refractivity contribution in [3.8, 4) is 0 Å². The Morgan fingerprint density at radius 1 is 1.27 bits per heavy atom. The predicted octanol–water partition coefficient (Wildman–Crippen LogP) is 3.01. The van der Waals surface area contributed by atoms with Crippen LogP contribution in [0.4, 0.5) is 0 Å². The summed E-state index contributed by atoms with van der Waals surface area (Å²) in [5, 5.41) is 2.89. The monoisotopic (exact) mass is 304 g/mol. The van der Waals surface area contributed by atoms with Crippen molar-refractivity contribution in [2.45, 2.75) is 46.6 Å². The predicted molar refractivity (Wildman–Crippen MR) is 89.8 cm³/mol. The lowest BCUT2D eigenvalue weighted by Gasteiger charge is -2.27. The molecule has 1 aromatic rings. The van der Waals surface area contributed by atoms with Crippen molar-refractivity contribution in [2.75, 3.05) is 13.6 Å². The molecule has 1 aromatic carbocycles. The molecule has 1 atom stereocenters. The highest BCUT2D eigenvalue weighted by molar-refractivity contribution is 5.97. The number of carbonyl (C=O) groups is 2. The van der Waals surface area contributed by atoms with Crippen molar-refractivity contribution in [1.29, 1.82) is 0 Å². The summed E-state index contributed by atoms with van der Waals surface area (Å²) in [6.07, 6.45) is 2.01. The molecule has 0 spiro atoms. The molecule has 1 N–H and O–H groups in total. The number of aryl methyl sites for hydroxylation is 1. The molecule has 2 amide bonds. The third-order valence-electron chi connectivity index (χ3n) is 3.72. The van der Waals surface area contributed by atoms with Crippen LogP contribution in [0.15, 0.2) is 24.3 Å². The van der Waals surface area contributed by atoms with Gasteiger partial charge in [-0.15, -0.1) is 0 Å². The van der Waals surface area contributed by atoms with Gasteiger partial charge in [-0.25, -0.2) is 0 Å². The molecule has 22 heavy (non-hydrogen) atoms. The van der Waals surface area contributed by atoms with Crippen molar-refractivity contribution in [1.82, 2.24) is 10.2 Å². The first kappa shape index (κ1) is 18.2. The third-order valence-corrected chi connectivity index (χ3v) is 3.72. The van der Waals surface area contributed by atoms with Gasteiger partial charge in [-0.3, -0.25) is 9.59 Å². The molecule has 4 nitrogen and oxygen atoms in total. The molecule has 0 bridgehead atoms. The molecule has 1 unspecified atom stereocenters. The van der Waals surface area contributed by atoms with E-state index >= 15 is 0 Å². The zero-order valence-electron chi connectivity index (χ0n) is 14.3. The first-order chi connectivity index (χ1) is 10.4. The van der Waals surface area contributed by atoms with Gasteiger partial charge in [0.15, 0.2) is 0 Å². The average Bonchev–Trinajstić information content (AvgIpc) is 2.48. The fourth-order valence-electron chi connectivity index (χ4n) is 2.27. The Bertz CT molecular complexity index is 512. The minimum absolute atomic E-state index is 0.0237. The van der Waals surface area contributed by atoms with Gasteiger partial charge in [0.2, 0.25) is 5.91 Å². The van der Waals surface area contributed by atoms with Crippen LogP contribution in [0.3, 0.4) is 0 Å². The highest BCUT2D eigenvalue weighted by Gasteiger charge is 2.27. The summed E-state index contributed by atoms with van der Waals surface area (Å²) in [5.74, 6) is -0.172. The molecule has 0 fully saturated rings. The maximum absolute atomic E-state index is 12.5. The number of hydrogen-bond donors (Lipinski definition) is 1. The molecule has 1 rings (SSSR count). The molecule has 0 heterocycles. The first-order valence-corrected chi connectivity index (χ1v) is 7.99. The molecule has 0 aliphatic carbocycles. The minimum atomic E-state index is -0.491. The van der Waals surface area contributed by atoms with Gasteiger partial charge in [-0.05, 0) is 31.4 Å². The summed E-state index contributed by atoms with van der Waals surface area (Å²) in [6, 6.07) is 6.91. The van der Waals surface area contributed by atoms with Gasteiger partial charge in [0.05, 0.1) is 0 Å². The minimum Gasteiger partial charge on any atom is -0.344 e. The number of benzene rings is 1. The molecule has 0 aromatic heterocycles. The van der Waals surface area contributed by atoms with Crippen molar-refractivity contribution in [3.05, 3.63) is 35.4 Å². The quantitative estimate of drug-likeness (QED) is 0.842.